The van der Waals surface area contributed by atoms with Crippen LogP contribution in [0.4, 0.5) is 0 Å². The zero-order valence-electron chi connectivity index (χ0n) is 15.4. The Hall–Kier alpha value is -1.16. The number of piperazine rings is 1. The number of likely N-dealkylation sites (N-methyl/N-ethyl adjacent to an activating group) is 1. The summed E-state index contributed by atoms with van der Waals surface area (Å²) in [6, 6.07) is 2.35. The van der Waals surface area contributed by atoms with E-state index in [0.717, 1.165) is 58.8 Å². The summed E-state index contributed by atoms with van der Waals surface area (Å²) >= 11 is 0. The Morgan fingerprint density at radius 3 is 2.42 bits per heavy atom. The zero-order chi connectivity index (χ0) is 17.5. The number of carbonyl (C=O) groups is 1. The lowest BCUT2D eigenvalue weighted by Gasteiger charge is -2.38. The van der Waals surface area contributed by atoms with Crippen LogP contribution >= 0.6 is 0 Å². The number of rotatable bonds is 6. The Labute approximate surface area is 146 Å². The number of ether oxygens (including phenoxy) is 1. The molecule has 0 aromatic heterocycles. The third-order valence-electron chi connectivity index (χ3n) is 5.14. The van der Waals surface area contributed by atoms with Gasteiger partial charge in [-0.1, -0.05) is 13.8 Å². The van der Waals surface area contributed by atoms with E-state index in [1.54, 1.807) is 0 Å². The SMILES string of the molecule is CC(C)[C@H](C#N)N1CCN(C(=O)CN(C)CC2CCOCC2)CC1. The van der Waals surface area contributed by atoms with Crippen molar-refractivity contribution in [3.63, 3.8) is 0 Å². The molecule has 2 heterocycles. The van der Waals surface area contributed by atoms with Crippen molar-refractivity contribution in [3.05, 3.63) is 0 Å². The topological polar surface area (TPSA) is 59.8 Å². The highest BCUT2D eigenvalue weighted by molar-refractivity contribution is 5.78. The van der Waals surface area contributed by atoms with Crippen LogP contribution in [0.3, 0.4) is 0 Å². The van der Waals surface area contributed by atoms with Crippen molar-refractivity contribution in [1.82, 2.24) is 14.7 Å². The molecule has 0 radical (unpaired) electrons. The molecule has 1 atom stereocenters. The van der Waals surface area contributed by atoms with Crippen LogP contribution in [-0.2, 0) is 9.53 Å². The number of hydrogen-bond acceptors (Lipinski definition) is 5. The minimum absolute atomic E-state index is 0.0431. The molecule has 0 unspecified atom stereocenters. The minimum Gasteiger partial charge on any atom is -0.381 e. The van der Waals surface area contributed by atoms with E-state index in [2.05, 4.69) is 29.7 Å². The third kappa shape index (κ3) is 5.44. The molecule has 136 valence electrons. The van der Waals surface area contributed by atoms with Gasteiger partial charge in [-0.2, -0.15) is 5.26 Å². The Morgan fingerprint density at radius 2 is 1.88 bits per heavy atom. The lowest BCUT2D eigenvalue weighted by Crippen LogP contribution is -2.54. The van der Waals surface area contributed by atoms with Crippen LogP contribution in [0.25, 0.3) is 0 Å². The van der Waals surface area contributed by atoms with E-state index in [4.69, 9.17) is 4.74 Å². The number of amides is 1. The van der Waals surface area contributed by atoms with Crippen molar-refractivity contribution in [2.75, 3.05) is 59.5 Å². The van der Waals surface area contributed by atoms with Gasteiger partial charge in [-0.05, 0) is 31.7 Å². The van der Waals surface area contributed by atoms with Crippen LogP contribution in [0.5, 0.6) is 0 Å². The molecule has 2 fully saturated rings. The van der Waals surface area contributed by atoms with Crippen LogP contribution in [0, 0.1) is 23.2 Å². The highest BCUT2D eigenvalue weighted by atomic mass is 16.5. The fourth-order valence-electron chi connectivity index (χ4n) is 3.67. The fraction of sp³-hybridized carbons (Fsp3) is 0.889. The van der Waals surface area contributed by atoms with Crippen LogP contribution in [0.2, 0.25) is 0 Å². The summed E-state index contributed by atoms with van der Waals surface area (Å²) in [5.74, 6) is 1.18. The fourth-order valence-corrected chi connectivity index (χ4v) is 3.67. The van der Waals surface area contributed by atoms with Crippen LogP contribution in [-0.4, -0.2) is 86.2 Å². The quantitative estimate of drug-likeness (QED) is 0.725. The lowest BCUT2D eigenvalue weighted by molar-refractivity contribution is -0.134. The van der Waals surface area contributed by atoms with E-state index in [-0.39, 0.29) is 11.9 Å². The maximum atomic E-state index is 12.5. The first kappa shape index (κ1) is 19.2. The normalized spacial score (nSPS) is 21.9. The second kappa shape index (κ2) is 9.36. The molecular weight excluding hydrogens is 304 g/mol. The molecule has 0 bridgehead atoms. The molecule has 2 rings (SSSR count). The molecule has 24 heavy (non-hydrogen) atoms. The van der Waals surface area contributed by atoms with Crippen molar-refractivity contribution in [3.8, 4) is 6.07 Å². The molecule has 2 saturated heterocycles. The van der Waals surface area contributed by atoms with Gasteiger partial charge >= 0.3 is 0 Å². The molecule has 0 aromatic carbocycles. The summed E-state index contributed by atoms with van der Waals surface area (Å²) in [6.45, 7) is 10.4. The van der Waals surface area contributed by atoms with E-state index < -0.39 is 0 Å². The van der Waals surface area contributed by atoms with Gasteiger partial charge in [-0.3, -0.25) is 14.6 Å². The van der Waals surface area contributed by atoms with Gasteiger partial charge in [0.05, 0.1) is 12.6 Å². The molecule has 0 aromatic rings. The van der Waals surface area contributed by atoms with E-state index in [0.29, 0.717) is 18.4 Å². The summed E-state index contributed by atoms with van der Waals surface area (Å²) in [7, 11) is 2.04. The van der Waals surface area contributed by atoms with Gasteiger partial charge in [0.25, 0.3) is 0 Å². The molecule has 0 N–H and O–H groups in total. The summed E-state index contributed by atoms with van der Waals surface area (Å²) in [4.78, 5) is 18.8. The predicted molar refractivity (Wildman–Crippen MR) is 93.4 cm³/mol. The van der Waals surface area contributed by atoms with Gasteiger partial charge in [0.1, 0.15) is 6.04 Å². The first-order valence-corrected chi connectivity index (χ1v) is 9.19. The second-order valence-electron chi connectivity index (χ2n) is 7.49. The molecule has 2 aliphatic heterocycles. The summed E-state index contributed by atoms with van der Waals surface area (Å²) in [6.07, 6.45) is 2.20. The summed E-state index contributed by atoms with van der Waals surface area (Å²) in [5.41, 5.74) is 0. The smallest absolute Gasteiger partial charge is 0.236 e. The standard InChI is InChI=1S/C18H32N4O2/c1-15(2)17(12-19)21-6-8-22(9-7-21)18(23)14-20(3)13-16-4-10-24-11-5-16/h15-17H,4-11,13-14H2,1-3H3/t17-/m0/s1. The Morgan fingerprint density at radius 1 is 1.25 bits per heavy atom. The van der Waals surface area contributed by atoms with Gasteiger partial charge < -0.3 is 9.64 Å². The van der Waals surface area contributed by atoms with E-state index >= 15 is 0 Å². The first-order chi connectivity index (χ1) is 11.5. The van der Waals surface area contributed by atoms with E-state index in [1.807, 2.05) is 11.9 Å². The predicted octanol–water partition coefficient (Wildman–Crippen LogP) is 1.04. The van der Waals surface area contributed by atoms with Crippen LogP contribution < -0.4 is 0 Å². The molecule has 6 nitrogen and oxygen atoms in total. The first-order valence-electron chi connectivity index (χ1n) is 9.19. The Balaban J connectivity index is 1.73. The second-order valence-corrected chi connectivity index (χ2v) is 7.49. The highest BCUT2D eigenvalue weighted by Gasteiger charge is 2.28. The molecule has 6 heteroatoms. The molecule has 2 aliphatic rings. The van der Waals surface area contributed by atoms with Crippen molar-refractivity contribution < 1.29 is 9.53 Å². The Bertz CT molecular complexity index is 435. The van der Waals surface area contributed by atoms with Gasteiger partial charge in [0.15, 0.2) is 0 Å². The number of nitriles is 1. The minimum atomic E-state index is -0.0431. The maximum absolute atomic E-state index is 12.5. The summed E-state index contributed by atoms with van der Waals surface area (Å²) < 4.78 is 5.39. The maximum Gasteiger partial charge on any atom is 0.236 e. The van der Waals surface area contributed by atoms with Crippen molar-refractivity contribution in [1.29, 1.82) is 5.26 Å². The molecular formula is C18H32N4O2. The molecule has 0 aliphatic carbocycles. The number of hydrogen-bond donors (Lipinski definition) is 0. The molecule has 0 spiro atoms. The van der Waals surface area contributed by atoms with Crippen molar-refractivity contribution in [2.45, 2.75) is 32.7 Å². The average molecular weight is 336 g/mol. The highest BCUT2D eigenvalue weighted by Crippen LogP contribution is 2.16. The van der Waals surface area contributed by atoms with Gasteiger partial charge in [-0.15, -0.1) is 0 Å². The van der Waals surface area contributed by atoms with Crippen LogP contribution in [0.1, 0.15) is 26.7 Å². The monoisotopic (exact) mass is 336 g/mol. The Kier molecular flexibility index (Phi) is 7.47. The third-order valence-corrected chi connectivity index (χ3v) is 5.14. The van der Waals surface area contributed by atoms with E-state index in [9.17, 15) is 10.1 Å². The molecule has 1 amide bonds. The van der Waals surface area contributed by atoms with Gasteiger partial charge in [0.2, 0.25) is 5.91 Å². The molecule has 0 saturated carbocycles. The number of carbonyl (C=O) groups excluding carboxylic acids is 1. The largest absolute Gasteiger partial charge is 0.381 e. The van der Waals surface area contributed by atoms with Crippen LogP contribution in [0.15, 0.2) is 0 Å². The van der Waals surface area contributed by atoms with Crippen molar-refractivity contribution >= 4 is 5.91 Å². The lowest BCUT2D eigenvalue weighted by atomic mass is 10.00. The summed E-state index contributed by atoms with van der Waals surface area (Å²) in [5, 5.41) is 9.31. The van der Waals surface area contributed by atoms with Crippen molar-refractivity contribution in [2.24, 2.45) is 11.8 Å². The van der Waals surface area contributed by atoms with E-state index in [1.165, 1.54) is 0 Å². The number of nitrogens with zero attached hydrogens (tertiary/aromatic N) is 4. The zero-order valence-corrected chi connectivity index (χ0v) is 15.4. The van der Waals surface area contributed by atoms with Gasteiger partial charge in [0, 0.05) is 45.9 Å². The van der Waals surface area contributed by atoms with Gasteiger partial charge in [-0.25, -0.2) is 0 Å². The average Bonchev–Trinajstić information content (AvgIpc) is 2.56.